The number of hydrogen-bond donors (Lipinski definition) is 0. The van der Waals surface area contributed by atoms with Crippen molar-refractivity contribution in [2.24, 2.45) is 0 Å². The molecule has 0 fully saturated rings. The van der Waals surface area contributed by atoms with Crippen molar-refractivity contribution in [3.05, 3.63) is 89.1 Å². The molecule has 3 heterocycles. The number of nitrogens with zero attached hydrogens (tertiary/aromatic N) is 2. The van der Waals surface area contributed by atoms with Gasteiger partial charge in [0.25, 0.3) is 11.8 Å². The molecule has 1 aliphatic rings. The molecule has 2 aromatic heterocycles. The van der Waals surface area contributed by atoms with Crippen LogP contribution in [-0.2, 0) is 11.3 Å². The zero-order valence-electron chi connectivity index (χ0n) is 14.2. The van der Waals surface area contributed by atoms with Gasteiger partial charge in [-0.1, -0.05) is 24.3 Å². The first-order valence-electron chi connectivity index (χ1n) is 8.27. The predicted molar refractivity (Wildman–Crippen MR) is 96.9 cm³/mol. The van der Waals surface area contributed by atoms with E-state index in [1.807, 2.05) is 25.1 Å². The summed E-state index contributed by atoms with van der Waals surface area (Å²) in [4.78, 5) is 31.4. The molecule has 0 radical (unpaired) electrons. The van der Waals surface area contributed by atoms with Crippen molar-refractivity contribution in [2.75, 3.05) is 0 Å². The molecule has 0 atom stereocenters. The lowest BCUT2D eigenvalue weighted by molar-refractivity contribution is -0.123. The van der Waals surface area contributed by atoms with Gasteiger partial charge in [0.1, 0.15) is 11.5 Å². The summed E-state index contributed by atoms with van der Waals surface area (Å²) in [7, 11) is 0. The number of benzene rings is 1. The van der Waals surface area contributed by atoms with Crippen LogP contribution in [0.1, 0.15) is 33.1 Å². The molecule has 1 aliphatic heterocycles. The van der Waals surface area contributed by atoms with Crippen molar-refractivity contribution in [3.8, 4) is 0 Å². The first-order chi connectivity index (χ1) is 12.6. The van der Waals surface area contributed by atoms with Crippen LogP contribution < -0.4 is 0 Å². The monoisotopic (exact) mass is 344 g/mol. The lowest BCUT2D eigenvalue weighted by atomic mass is 9.92. The third-order valence-electron chi connectivity index (χ3n) is 4.26. The van der Waals surface area contributed by atoms with Crippen LogP contribution >= 0.6 is 0 Å². The Hall–Kier alpha value is -3.47. The molecule has 4 rings (SSSR count). The Morgan fingerprint density at radius 3 is 2.42 bits per heavy atom. The first kappa shape index (κ1) is 16.0. The van der Waals surface area contributed by atoms with Gasteiger partial charge in [-0.05, 0) is 43.3 Å². The van der Waals surface area contributed by atoms with Gasteiger partial charge in [0, 0.05) is 17.3 Å². The smallest absolute Gasteiger partial charge is 0.261 e. The number of rotatable bonds is 3. The van der Waals surface area contributed by atoms with Crippen molar-refractivity contribution in [1.82, 2.24) is 9.88 Å². The molecule has 0 unspecified atom stereocenters. The van der Waals surface area contributed by atoms with Crippen molar-refractivity contribution in [1.29, 1.82) is 0 Å². The van der Waals surface area contributed by atoms with E-state index in [0.717, 1.165) is 5.76 Å². The maximum atomic E-state index is 13.1. The van der Waals surface area contributed by atoms with Crippen LogP contribution in [0.2, 0.25) is 0 Å². The van der Waals surface area contributed by atoms with Crippen molar-refractivity contribution in [2.45, 2.75) is 13.5 Å². The number of amides is 2. The second kappa shape index (κ2) is 6.44. The molecular weight excluding hydrogens is 328 g/mol. The average molecular weight is 344 g/mol. The van der Waals surface area contributed by atoms with Crippen molar-refractivity contribution in [3.63, 3.8) is 0 Å². The summed E-state index contributed by atoms with van der Waals surface area (Å²) in [6.07, 6.45) is 3.33. The van der Waals surface area contributed by atoms with Crippen molar-refractivity contribution >= 4 is 23.5 Å². The predicted octanol–water partition coefficient (Wildman–Crippen LogP) is 3.71. The van der Waals surface area contributed by atoms with Gasteiger partial charge in [-0.15, -0.1) is 0 Å². The Morgan fingerprint density at radius 1 is 0.962 bits per heavy atom. The zero-order valence-corrected chi connectivity index (χ0v) is 14.2. The number of aryl methyl sites for hydroxylation is 1. The zero-order chi connectivity index (χ0) is 18.1. The van der Waals surface area contributed by atoms with E-state index in [1.54, 1.807) is 48.7 Å². The molecule has 2 amide bonds. The highest BCUT2D eigenvalue weighted by Crippen LogP contribution is 2.31. The Morgan fingerprint density at radius 2 is 1.73 bits per heavy atom. The number of hydrogen-bond acceptors (Lipinski definition) is 4. The second-order valence-electron chi connectivity index (χ2n) is 6.07. The fraction of sp³-hybridized carbons (Fsp3) is 0.0952. The van der Waals surface area contributed by atoms with E-state index in [-0.39, 0.29) is 18.4 Å². The largest absolute Gasteiger partial charge is 0.462 e. The summed E-state index contributed by atoms with van der Waals surface area (Å²) in [5.41, 5.74) is 2.21. The molecule has 0 aliphatic carbocycles. The second-order valence-corrected chi connectivity index (χ2v) is 6.07. The molecule has 5 heteroatoms. The molecule has 3 aromatic rings. The van der Waals surface area contributed by atoms with Gasteiger partial charge in [0.05, 0.1) is 17.8 Å². The quantitative estimate of drug-likeness (QED) is 0.537. The number of imide groups is 1. The minimum atomic E-state index is -0.353. The van der Waals surface area contributed by atoms with Gasteiger partial charge in [-0.25, -0.2) is 0 Å². The van der Waals surface area contributed by atoms with Gasteiger partial charge in [-0.3, -0.25) is 19.5 Å². The molecule has 0 N–H and O–H groups in total. The molecule has 0 bridgehead atoms. The topological polar surface area (TPSA) is 63.4 Å². The van der Waals surface area contributed by atoms with E-state index >= 15 is 0 Å². The van der Waals surface area contributed by atoms with Crippen LogP contribution in [0.5, 0.6) is 0 Å². The third-order valence-corrected chi connectivity index (χ3v) is 4.26. The number of carbonyl (C=O) groups excluding carboxylic acids is 2. The molecule has 5 nitrogen and oxygen atoms in total. The van der Waals surface area contributed by atoms with Gasteiger partial charge in [0.2, 0.25) is 0 Å². The van der Waals surface area contributed by atoms with E-state index in [2.05, 4.69) is 4.98 Å². The highest BCUT2D eigenvalue weighted by atomic mass is 16.3. The SMILES string of the molecule is Cc1ccc(/C=C2\C(=O)N(Cc3ccccn3)C(=O)c3ccccc32)o1. The average Bonchev–Trinajstić information content (AvgIpc) is 3.08. The van der Waals surface area contributed by atoms with E-state index < -0.39 is 0 Å². The Balaban J connectivity index is 1.80. The third kappa shape index (κ3) is 2.84. The number of aromatic nitrogens is 1. The fourth-order valence-corrected chi connectivity index (χ4v) is 3.01. The van der Waals surface area contributed by atoms with Gasteiger partial charge >= 0.3 is 0 Å². The summed E-state index contributed by atoms with van der Waals surface area (Å²) < 4.78 is 5.59. The van der Waals surface area contributed by atoms with Crippen LogP contribution in [0.15, 0.2) is 65.2 Å². The van der Waals surface area contributed by atoms with Crippen molar-refractivity contribution < 1.29 is 14.0 Å². The molecule has 26 heavy (non-hydrogen) atoms. The van der Waals surface area contributed by atoms with Gasteiger partial charge in [0.15, 0.2) is 0 Å². The minimum absolute atomic E-state index is 0.126. The number of fused-ring (bicyclic) bond motifs is 1. The molecule has 0 saturated heterocycles. The summed E-state index contributed by atoms with van der Waals surface area (Å²) in [5, 5.41) is 0. The van der Waals surface area contributed by atoms with E-state index in [1.165, 1.54) is 4.90 Å². The maximum Gasteiger partial charge on any atom is 0.261 e. The van der Waals surface area contributed by atoms with E-state index in [4.69, 9.17) is 4.42 Å². The molecule has 0 saturated carbocycles. The van der Waals surface area contributed by atoms with Crippen LogP contribution in [0.25, 0.3) is 11.6 Å². The number of furan rings is 1. The van der Waals surface area contributed by atoms with Crippen LogP contribution in [0.4, 0.5) is 0 Å². The van der Waals surface area contributed by atoms with Crippen LogP contribution in [0.3, 0.4) is 0 Å². The Kier molecular flexibility index (Phi) is 3.97. The molecule has 1 aromatic carbocycles. The van der Waals surface area contributed by atoms with Gasteiger partial charge in [-0.2, -0.15) is 0 Å². The standard InChI is InChI=1S/C21H16N2O3/c1-14-9-10-16(26-14)12-19-17-7-2-3-8-18(17)20(24)23(21(19)25)13-15-6-4-5-11-22-15/h2-12H,13H2,1H3/b19-12-. The Bertz CT molecular complexity index is 1020. The highest BCUT2D eigenvalue weighted by Gasteiger charge is 2.35. The highest BCUT2D eigenvalue weighted by molar-refractivity contribution is 6.33. The summed E-state index contributed by atoms with van der Waals surface area (Å²) in [6, 6.07) is 16.2. The maximum absolute atomic E-state index is 13.1. The summed E-state index contributed by atoms with van der Waals surface area (Å²) in [5.74, 6) is 0.667. The number of pyridine rings is 1. The molecule has 0 spiro atoms. The van der Waals surface area contributed by atoms with E-state index in [9.17, 15) is 9.59 Å². The van der Waals surface area contributed by atoms with E-state index in [0.29, 0.717) is 28.2 Å². The Labute approximate surface area is 150 Å². The summed E-state index contributed by atoms with van der Waals surface area (Å²) in [6.45, 7) is 1.97. The van der Waals surface area contributed by atoms with Crippen LogP contribution in [0, 0.1) is 6.92 Å². The lowest BCUT2D eigenvalue weighted by Gasteiger charge is -2.28. The molecular formula is C21H16N2O3. The van der Waals surface area contributed by atoms with Gasteiger partial charge < -0.3 is 4.42 Å². The minimum Gasteiger partial charge on any atom is -0.462 e. The normalized spacial score (nSPS) is 15.4. The lowest BCUT2D eigenvalue weighted by Crippen LogP contribution is -2.41. The fourth-order valence-electron chi connectivity index (χ4n) is 3.01. The first-order valence-corrected chi connectivity index (χ1v) is 8.27. The number of carbonyl (C=O) groups is 2. The summed E-state index contributed by atoms with van der Waals surface area (Å²) >= 11 is 0. The molecule has 128 valence electrons. The van der Waals surface area contributed by atoms with Crippen LogP contribution in [-0.4, -0.2) is 21.7 Å².